The van der Waals surface area contributed by atoms with E-state index in [2.05, 4.69) is 109 Å². The van der Waals surface area contributed by atoms with Crippen LogP contribution in [0.4, 0.5) is 0 Å². The Morgan fingerprint density at radius 2 is 0.786 bits per heavy atom. The Hall–Kier alpha value is -5.43. The molecule has 0 saturated carbocycles. The summed E-state index contributed by atoms with van der Waals surface area (Å²) in [7, 11) is 9.43. The van der Waals surface area contributed by atoms with Gasteiger partial charge < -0.3 is 50.1 Å². The fourth-order valence-electron chi connectivity index (χ4n) is 6.66. The van der Waals surface area contributed by atoms with E-state index >= 15 is 0 Å². The first-order valence-electron chi connectivity index (χ1n) is 17.8. The smallest absolute Gasteiger partial charge is 0.203 e. The van der Waals surface area contributed by atoms with Gasteiger partial charge >= 0.3 is 0 Å². The van der Waals surface area contributed by atoms with Crippen LogP contribution in [0.3, 0.4) is 0 Å². The fraction of sp³-hybridized carbons (Fsp3) is 0.191. The lowest BCUT2D eigenvalue weighted by atomic mass is 10.1. The van der Waals surface area contributed by atoms with Crippen molar-refractivity contribution >= 4 is 35.3 Å². The van der Waals surface area contributed by atoms with Gasteiger partial charge in [0.15, 0.2) is 23.0 Å². The number of benzene rings is 6. The van der Waals surface area contributed by atoms with Crippen molar-refractivity contribution in [1.29, 1.82) is 0 Å². The van der Waals surface area contributed by atoms with Crippen LogP contribution in [0.15, 0.2) is 133 Å². The molecule has 0 fully saturated rings. The van der Waals surface area contributed by atoms with E-state index in [9.17, 15) is 0 Å². The molecule has 0 aromatic heterocycles. The lowest BCUT2D eigenvalue weighted by Gasteiger charge is -2.28. The highest BCUT2D eigenvalue weighted by molar-refractivity contribution is 7.95. The van der Waals surface area contributed by atoms with E-state index in [4.69, 9.17) is 33.2 Å². The molecule has 6 rings (SSSR count). The molecule has 292 valence electrons. The van der Waals surface area contributed by atoms with E-state index in [0.29, 0.717) is 34.5 Å². The van der Waals surface area contributed by atoms with Crippen LogP contribution in [-0.2, 0) is 6.16 Å². The lowest BCUT2D eigenvalue weighted by Crippen LogP contribution is -3.00. The Balaban J connectivity index is 0.000000258. The molecule has 6 aromatic rings. The molecule has 0 aliphatic heterocycles. The summed E-state index contributed by atoms with van der Waals surface area (Å²) in [6, 6.07) is 46.6. The van der Waals surface area contributed by atoms with Crippen LogP contribution in [0.5, 0.6) is 40.2 Å². The molecule has 7 nitrogen and oxygen atoms in total. The Morgan fingerprint density at radius 3 is 1.14 bits per heavy atom. The van der Waals surface area contributed by atoms with Crippen molar-refractivity contribution in [3.8, 4) is 40.2 Å². The van der Waals surface area contributed by atoms with Gasteiger partial charge in [0.05, 0.1) is 55.9 Å². The third-order valence-electron chi connectivity index (χ3n) is 9.31. The Bertz CT molecular complexity index is 2010. The molecule has 0 atom stereocenters. The predicted molar refractivity (Wildman–Crippen MR) is 228 cm³/mol. The highest BCUT2D eigenvalue weighted by Gasteiger charge is 2.45. The standard InChI is InChI=1S/C28H28O3P.C19H22O4.BrH/c1-29-26-19-22(20-27(30-2)28(26)31-3)21-32(23-13-7-4-8-14-23,24-15-9-5-10-16-24)25-17-11-6-12-18-25;1-13-10-14(8-9-16(13)20-2)6-7-15-11-17(21-3)19(23-5)18(12-15)22-4;/h4-20H,21H2,1-3H3;6-12H,1-5H3;1H/q+1;;/p-1/b;7-6-;. The first-order valence-corrected chi connectivity index (χ1v) is 19.8. The van der Waals surface area contributed by atoms with Gasteiger partial charge in [-0.1, -0.05) is 72.8 Å². The quantitative estimate of drug-likeness (QED) is 0.0930. The molecule has 0 aliphatic rings. The van der Waals surface area contributed by atoms with Gasteiger partial charge in [-0.15, -0.1) is 0 Å². The molecule has 0 N–H and O–H groups in total. The summed E-state index contributed by atoms with van der Waals surface area (Å²) in [5.41, 5.74) is 4.30. The summed E-state index contributed by atoms with van der Waals surface area (Å²) in [5.74, 6) is 4.71. The van der Waals surface area contributed by atoms with E-state index in [-0.39, 0.29) is 17.0 Å². The number of rotatable bonds is 14. The minimum atomic E-state index is -2.01. The molecule has 0 unspecified atom stereocenters. The van der Waals surface area contributed by atoms with Crippen LogP contribution in [0.1, 0.15) is 22.3 Å². The Labute approximate surface area is 342 Å². The van der Waals surface area contributed by atoms with Crippen LogP contribution >= 0.6 is 7.26 Å². The van der Waals surface area contributed by atoms with Crippen LogP contribution in [0.2, 0.25) is 0 Å². The van der Waals surface area contributed by atoms with Gasteiger partial charge in [0.1, 0.15) is 28.9 Å². The molecular weight excluding hydrogens is 787 g/mol. The van der Waals surface area contributed by atoms with Crippen LogP contribution in [0, 0.1) is 6.92 Å². The Kier molecular flexibility index (Phi) is 16.3. The van der Waals surface area contributed by atoms with Crippen LogP contribution < -0.4 is 66.1 Å². The topological polar surface area (TPSA) is 64.6 Å². The van der Waals surface area contributed by atoms with Crippen molar-refractivity contribution in [1.82, 2.24) is 0 Å². The minimum absolute atomic E-state index is 0. The molecule has 0 bridgehead atoms. The van der Waals surface area contributed by atoms with Crippen molar-refractivity contribution in [3.63, 3.8) is 0 Å². The van der Waals surface area contributed by atoms with Gasteiger partial charge in [-0.05, 0) is 102 Å². The maximum Gasteiger partial charge on any atom is 0.203 e. The second-order valence-corrected chi connectivity index (χ2v) is 16.0. The molecular formula is C47H50BrO7P. The number of methoxy groups -OCH3 is 7. The molecule has 0 heterocycles. The number of halogens is 1. The average molecular weight is 838 g/mol. The molecule has 6 aromatic carbocycles. The fourth-order valence-corrected chi connectivity index (χ4v) is 10.9. The van der Waals surface area contributed by atoms with E-state index in [1.54, 1.807) is 49.8 Å². The molecule has 0 saturated heterocycles. The second-order valence-electron chi connectivity index (χ2n) is 12.5. The third kappa shape index (κ3) is 9.86. The SMILES string of the molecule is COc1cc(C[P+](c2ccccc2)(c2ccccc2)c2ccccc2)cc(OC)c1OC.COc1ccc(/C=C\c2cc(OC)c(OC)c(OC)c2)cc1C.[Br-]. The zero-order valence-corrected chi connectivity index (χ0v) is 35.7. The largest absolute Gasteiger partial charge is 1.00 e. The van der Waals surface area contributed by atoms with Gasteiger partial charge in [-0.2, -0.15) is 0 Å². The highest BCUT2D eigenvalue weighted by Crippen LogP contribution is 2.59. The molecule has 0 radical (unpaired) electrons. The molecule has 0 spiro atoms. The zero-order valence-electron chi connectivity index (χ0n) is 33.2. The van der Waals surface area contributed by atoms with Gasteiger partial charge in [0, 0.05) is 0 Å². The number of aryl methyl sites for hydroxylation is 1. The zero-order chi connectivity index (χ0) is 39.2. The van der Waals surface area contributed by atoms with Gasteiger partial charge in [-0.25, -0.2) is 0 Å². The normalized spacial score (nSPS) is 10.7. The molecule has 9 heteroatoms. The average Bonchev–Trinajstić information content (AvgIpc) is 3.25. The maximum atomic E-state index is 5.66. The van der Waals surface area contributed by atoms with Gasteiger partial charge in [-0.3, -0.25) is 0 Å². The van der Waals surface area contributed by atoms with Gasteiger partial charge in [0.2, 0.25) is 11.5 Å². The number of hydrogen-bond acceptors (Lipinski definition) is 7. The summed E-state index contributed by atoms with van der Waals surface area (Å²) >= 11 is 0. The van der Waals surface area contributed by atoms with Crippen molar-refractivity contribution in [2.24, 2.45) is 0 Å². The van der Waals surface area contributed by atoms with Crippen molar-refractivity contribution in [2.75, 3.05) is 49.8 Å². The molecule has 56 heavy (non-hydrogen) atoms. The first kappa shape index (κ1) is 43.3. The number of hydrogen-bond donors (Lipinski definition) is 0. The second kappa shape index (κ2) is 21.0. The van der Waals surface area contributed by atoms with Crippen molar-refractivity contribution < 1.29 is 50.1 Å². The summed E-state index contributed by atoms with van der Waals surface area (Å²) in [6.45, 7) is 2.02. The van der Waals surface area contributed by atoms with Crippen LogP contribution in [-0.4, -0.2) is 49.8 Å². The maximum absolute atomic E-state index is 5.66. The lowest BCUT2D eigenvalue weighted by molar-refractivity contribution is -0.0000128. The van der Waals surface area contributed by atoms with E-state index in [1.165, 1.54) is 15.9 Å². The highest BCUT2D eigenvalue weighted by atomic mass is 79.9. The minimum Gasteiger partial charge on any atom is -1.00 e. The van der Waals surface area contributed by atoms with E-state index in [1.807, 2.05) is 43.3 Å². The molecule has 0 aliphatic carbocycles. The monoisotopic (exact) mass is 836 g/mol. The summed E-state index contributed by atoms with van der Waals surface area (Å²) in [4.78, 5) is 0. The first-order chi connectivity index (χ1) is 26.8. The van der Waals surface area contributed by atoms with Crippen LogP contribution in [0.25, 0.3) is 12.2 Å². The molecule has 0 amide bonds. The third-order valence-corrected chi connectivity index (χ3v) is 13.7. The van der Waals surface area contributed by atoms with E-state index in [0.717, 1.165) is 34.2 Å². The number of ether oxygens (including phenoxy) is 7. The van der Waals surface area contributed by atoms with Crippen molar-refractivity contribution in [2.45, 2.75) is 13.1 Å². The van der Waals surface area contributed by atoms with E-state index < -0.39 is 7.26 Å². The summed E-state index contributed by atoms with van der Waals surface area (Å²) in [5, 5.41) is 4.02. The Morgan fingerprint density at radius 1 is 0.411 bits per heavy atom. The van der Waals surface area contributed by atoms with Gasteiger partial charge in [0.25, 0.3) is 0 Å². The van der Waals surface area contributed by atoms with Crippen molar-refractivity contribution in [3.05, 3.63) is 156 Å². The summed E-state index contributed by atoms with van der Waals surface area (Å²) < 4.78 is 38.2. The predicted octanol–water partition coefficient (Wildman–Crippen LogP) is 6.41. The summed E-state index contributed by atoms with van der Waals surface area (Å²) in [6.07, 6.45) is 4.88.